The number of fused-ring (bicyclic) bond motifs is 2. The molecule has 10 nitrogen and oxygen atoms in total. The first-order chi connectivity index (χ1) is 20.9. The third-order valence-electron chi connectivity index (χ3n) is 8.12. The molecule has 11 heteroatoms. The maximum absolute atomic E-state index is 14.5. The lowest BCUT2D eigenvalue weighted by Crippen LogP contribution is -2.30. The number of carbonyl (C=O) groups excluding carboxylic acids is 1. The number of pyridine rings is 1. The molecule has 2 atom stereocenters. The first-order valence-corrected chi connectivity index (χ1v) is 14.0. The monoisotopic (exact) mass is 587 g/mol. The summed E-state index contributed by atoms with van der Waals surface area (Å²) in [5, 5.41) is 11.5. The quantitative estimate of drug-likeness (QED) is 0.156. The predicted octanol–water partition coefficient (Wildman–Crippen LogP) is 6.76. The molecule has 0 bridgehead atoms. The molecule has 1 aliphatic heterocycles. The van der Waals surface area contributed by atoms with Gasteiger partial charge >= 0.3 is 6.09 Å². The largest absolute Gasteiger partial charge is 0.493 e. The summed E-state index contributed by atoms with van der Waals surface area (Å²) in [6.45, 7) is 2.15. The minimum absolute atomic E-state index is 0.146. The lowest BCUT2D eigenvalue weighted by atomic mass is 10.0. The number of likely N-dealkylation sites (tertiary alicyclic amines) is 1. The SMILES string of the molecule is COc1cc2c(Oc3ccc([N+](=O)[O-])cc3F)ccnc2cc1OCC1CC2CN(C(=O)OCc3ccccc3)CC2C1. The molecule has 2 aliphatic rings. The molecular weight excluding hydrogens is 557 g/mol. The fourth-order valence-electron chi connectivity index (χ4n) is 6.02. The van der Waals surface area contributed by atoms with Crippen LogP contribution in [0.5, 0.6) is 23.0 Å². The van der Waals surface area contributed by atoms with Crippen molar-refractivity contribution < 1.29 is 33.1 Å². The molecule has 0 radical (unpaired) electrons. The minimum atomic E-state index is -0.848. The van der Waals surface area contributed by atoms with E-state index in [1.165, 1.54) is 25.4 Å². The van der Waals surface area contributed by atoms with E-state index in [9.17, 15) is 19.3 Å². The number of hydrogen-bond donors (Lipinski definition) is 0. The minimum Gasteiger partial charge on any atom is -0.493 e. The zero-order chi connectivity index (χ0) is 29.9. The van der Waals surface area contributed by atoms with Crippen molar-refractivity contribution in [1.82, 2.24) is 9.88 Å². The summed E-state index contributed by atoms with van der Waals surface area (Å²) >= 11 is 0. The van der Waals surface area contributed by atoms with E-state index in [0.717, 1.165) is 24.5 Å². The van der Waals surface area contributed by atoms with Crippen molar-refractivity contribution in [2.75, 3.05) is 26.8 Å². The van der Waals surface area contributed by atoms with Crippen LogP contribution in [0.15, 0.2) is 72.9 Å². The van der Waals surface area contributed by atoms with Gasteiger partial charge in [-0.05, 0) is 54.4 Å². The Morgan fingerprint density at radius 3 is 2.47 bits per heavy atom. The van der Waals surface area contributed by atoms with E-state index in [-0.39, 0.29) is 24.1 Å². The molecule has 0 spiro atoms. The number of nitro groups is 1. The highest BCUT2D eigenvalue weighted by Gasteiger charge is 2.43. The number of non-ortho nitro benzene ring substituents is 1. The lowest BCUT2D eigenvalue weighted by molar-refractivity contribution is -0.385. The number of halogens is 1. The number of ether oxygens (including phenoxy) is 4. The first-order valence-electron chi connectivity index (χ1n) is 14.0. The maximum atomic E-state index is 14.5. The molecule has 43 heavy (non-hydrogen) atoms. The van der Waals surface area contributed by atoms with E-state index in [4.69, 9.17) is 18.9 Å². The summed E-state index contributed by atoms with van der Waals surface area (Å²) in [4.78, 5) is 29.1. The highest BCUT2D eigenvalue weighted by Crippen LogP contribution is 2.43. The van der Waals surface area contributed by atoms with E-state index in [1.807, 2.05) is 35.2 Å². The van der Waals surface area contributed by atoms with Gasteiger partial charge in [-0.3, -0.25) is 15.1 Å². The molecule has 1 aromatic heterocycles. The highest BCUT2D eigenvalue weighted by molar-refractivity contribution is 5.88. The Hall–Kier alpha value is -4.93. The average Bonchev–Trinajstić information content (AvgIpc) is 3.59. The van der Waals surface area contributed by atoms with Gasteiger partial charge in [-0.15, -0.1) is 0 Å². The number of aromatic nitrogens is 1. The Labute approximate surface area is 247 Å². The van der Waals surface area contributed by atoms with Crippen LogP contribution in [0.3, 0.4) is 0 Å². The van der Waals surface area contributed by atoms with E-state index >= 15 is 0 Å². The molecule has 2 unspecified atom stereocenters. The molecular formula is C32H30FN3O7. The molecule has 1 amide bonds. The number of rotatable bonds is 9. The van der Waals surface area contributed by atoms with Crippen LogP contribution in [-0.2, 0) is 11.3 Å². The summed E-state index contributed by atoms with van der Waals surface area (Å²) in [5.41, 5.74) is 1.16. The van der Waals surface area contributed by atoms with Crippen LogP contribution in [0.4, 0.5) is 14.9 Å². The van der Waals surface area contributed by atoms with Gasteiger partial charge in [0.1, 0.15) is 12.4 Å². The van der Waals surface area contributed by atoms with E-state index in [0.29, 0.717) is 65.6 Å². The van der Waals surface area contributed by atoms with Crippen molar-refractivity contribution in [3.05, 3.63) is 94.4 Å². The van der Waals surface area contributed by atoms with Crippen LogP contribution in [0.25, 0.3) is 10.9 Å². The average molecular weight is 588 g/mol. The molecule has 1 aliphatic carbocycles. The van der Waals surface area contributed by atoms with Crippen LogP contribution in [-0.4, -0.2) is 47.7 Å². The van der Waals surface area contributed by atoms with Gasteiger partial charge in [0.05, 0.1) is 30.2 Å². The Balaban J connectivity index is 1.07. The molecule has 6 rings (SSSR count). The van der Waals surface area contributed by atoms with Gasteiger partial charge in [-0.25, -0.2) is 9.18 Å². The number of hydrogen-bond acceptors (Lipinski definition) is 8. The van der Waals surface area contributed by atoms with Gasteiger partial charge in [0.15, 0.2) is 23.1 Å². The van der Waals surface area contributed by atoms with Crippen molar-refractivity contribution in [2.45, 2.75) is 19.4 Å². The molecule has 0 N–H and O–H groups in total. The van der Waals surface area contributed by atoms with Gasteiger partial charge < -0.3 is 23.8 Å². The molecule has 222 valence electrons. The van der Waals surface area contributed by atoms with Gasteiger partial charge in [0, 0.05) is 36.8 Å². The van der Waals surface area contributed by atoms with Crippen LogP contribution in [0.2, 0.25) is 0 Å². The van der Waals surface area contributed by atoms with E-state index in [2.05, 4.69) is 4.98 Å². The van der Waals surface area contributed by atoms with Gasteiger partial charge in [-0.2, -0.15) is 0 Å². The van der Waals surface area contributed by atoms with Crippen LogP contribution in [0.1, 0.15) is 18.4 Å². The first kappa shape index (κ1) is 28.2. The molecule has 2 fully saturated rings. The molecule has 1 saturated heterocycles. The van der Waals surface area contributed by atoms with Gasteiger partial charge in [0.2, 0.25) is 0 Å². The zero-order valence-electron chi connectivity index (χ0n) is 23.5. The smallest absolute Gasteiger partial charge is 0.410 e. The standard InChI is InChI=1S/C32H30FN3O7/c1-40-30-14-25-27(34-10-9-28(25)43-29-8-7-24(36(38)39)13-26(29)33)15-31(30)41-19-21-11-22-16-35(17-23(22)12-21)32(37)42-18-20-5-3-2-4-6-20/h2-10,13-15,21-23H,11-12,16-19H2,1H3. The predicted molar refractivity (Wildman–Crippen MR) is 155 cm³/mol. The summed E-state index contributed by atoms with van der Waals surface area (Å²) in [6.07, 6.45) is 3.19. The number of carbonyl (C=O) groups is 1. The summed E-state index contributed by atoms with van der Waals surface area (Å²) in [7, 11) is 1.53. The van der Waals surface area contributed by atoms with Gasteiger partial charge in [-0.1, -0.05) is 30.3 Å². The van der Waals surface area contributed by atoms with Crippen molar-refractivity contribution in [3.63, 3.8) is 0 Å². The Kier molecular flexibility index (Phi) is 7.95. The summed E-state index contributed by atoms with van der Waals surface area (Å²) in [6, 6.07) is 17.9. The Morgan fingerprint density at radius 1 is 1.00 bits per heavy atom. The summed E-state index contributed by atoms with van der Waals surface area (Å²) < 4.78 is 37.6. The van der Waals surface area contributed by atoms with Crippen molar-refractivity contribution in [2.24, 2.45) is 17.8 Å². The molecule has 4 aromatic rings. The second kappa shape index (κ2) is 12.1. The fraction of sp³-hybridized carbons (Fsp3) is 0.312. The zero-order valence-corrected chi connectivity index (χ0v) is 23.5. The number of benzene rings is 3. The van der Waals surface area contributed by atoms with Gasteiger partial charge in [0.25, 0.3) is 5.69 Å². The van der Waals surface area contributed by atoms with E-state index < -0.39 is 10.7 Å². The fourth-order valence-corrected chi connectivity index (χ4v) is 6.02. The topological polar surface area (TPSA) is 113 Å². The third-order valence-corrected chi connectivity index (χ3v) is 8.12. The number of amides is 1. The highest BCUT2D eigenvalue weighted by atomic mass is 19.1. The molecule has 1 saturated carbocycles. The number of nitro benzene ring substituents is 1. The van der Waals surface area contributed by atoms with Crippen molar-refractivity contribution in [1.29, 1.82) is 0 Å². The lowest BCUT2D eigenvalue weighted by Gasteiger charge is -2.20. The van der Waals surface area contributed by atoms with Crippen LogP contribution >= 0.6 is 0 Å². The van der Waals surface area contributed by atoms with Crippen molar-refractivity contribution in [3.8, 4) is 23.0 Å². The number of methoxy groups -OCH3 is 1. The Morgan fingerprint density at radius 2 is 1.77 bits per heavy atom. The second-order valence-corrected chi connectivity index (χ2v) is 10.9. The third kappa shape index (κ3) is 6.15. The Bertz CT molecular complexity index is 1640. The van der Waals surface area contributed by atoms with Crippen LogP contribution in [0, 0.1) is 33.7 Å². The molecule has 2 heterocycles. The summed E-state index contributed by atoms with van der Waals surface area (Å²) in [5.74, 6) is 1.50. The van der Waals surface area contributed by atoms with Crippen LogP contribution < -0.4 is 14.2 Å². The van der Waals surface area contributed by atoms with Crippen molar-refractivity contribution >= 4 is 22.7 Å². The number of nitrogens with zero attached hydrogens (tertiary/aromatic N) is 3. The molecule has 3 aromatic carbocycles. The second-order valence-electron chi connectivity index (χ2n) is 10.9. The van der Waals surface area contributed by atoms with E-state index in [1.54, 1.807) is 18.2 Å². The normalized spacial score (nSPS) is 19.2. The maximum Gasteiger partial charge on any atom is 0.410 e.